The molecular formula is C10H14N2O5S. The van der Waals surface area contributed by atoms with E-state index in [1.165, 1.54) is 12.3 Å². The van der Waals surface area contributed by atoms with Crippen molar-refractivity contribution in [3.05, 3.63) is 18.0 Å². The Labute approximate surface area is 105 Å². The van der Waals surface area contributed by atoms with Gasteiger partial charge >= 0.3 is 0 Å². The van der Waals surface area contributed by atoms with E-state index in [0.717, 1.165) is 6.42 Å². The average molecular weight is 274 g/mol. The summed E-state index contributed by atoms with van der Waals surface area (Å²) in [6.07, 6.45) is 2.53. The monoisotopic (exact) mass is 274 g/mol. The number of carbonyl (C=O) groups is 1. The highest BCUT2D eigenvalue weighted by molar-refractivity contribution is 7.89. The van der Waals surface area contributed by atoms with Crippen molar-refractivity contribution in [2.45, 2.75) is 31.1 Å². The van der Waals surface area contributed by atoms with Crippen LogP contribution in [0.5, 0.6) is 0 Å². The fourth-order valence-electron chi connectivity index (χ4n) is 1.75. The molecule has 1 N–H and O–H groups in total. The van der Waals surface area contributed by atoms with Crippen LogP contribution in [-0.2, 0) is 25.3 Å². The van der Waals surface area contributed by atoms with E-state index in [1.807, 2.05) is 4.72 Å². The molecule has 1 aliphatic heterocycles. The van der Waals surface area contributed by atoms with Crippen molar-refractivity contribution in [1.82, 2.24) is 9.88 Å². The van der Waals surface area contributed by atoms with Gasteiger partial charge in [0, 0.05) is 12.7 Å². The predicted octanol–water partition coefficient (Wildman–Crippen LogP) is 0.190. The van der Waals surface area contributed by atoms with Gasteiger partial charge in [0.05, 0.1) is 0 Å². The Balaban J connectivity index is 2.02. The Morgan fingerprint density at radius 3 is 2.94 bits per heavy atom. The van der Waals surface area contributed by atoms with Crippen LogP contribution in [0.3, 0.4) is 0 Å². The molecule has 0 saturated carbocycles. The first-order chi connectivity index (χ1) is 8.41. The molecule has 0 aliphatic carbocycles. The highest BCUT2D eigenvalue weighted by atomic mass is 32.2. The second kappa shape index (κ2) is 4.69. The normalized spacial score (nSPS) is 24.1. The van der Waals surface area contributed by atoms with Crippen LogP contribution in [0.15, 0.2) is 16.9 Å². The molecule has 1 saturated heterocycles. The van der Waals surface area contributed by atoms with Crippen molar-refractivity contribution in [1.29, 1.82) is 0 Å². The molecule has 1 aromatic rings. The molecule has 100 valence electrons. The van der Waals surface area contributed by atoms with Gasteiger partial charge in [-0.05, 0) is 19.8 Å². The van der Waals surface area contributed by atoms with Gasteiger partial charge in [0.1, 0.15) is 23.3 Å². The van der Waals surface area contributed by atoms with Crippen molar-refractivity contribution < 1.29 is 22.5 Å². The topological polar surface area (TPSA) is 98.5 Å². The summed E-state index contributed by atoms with van der Waals surface area (Å²) in [7, 11) is -3.78. The molecule has 0 unspecified atom stereocenters. The Morgan fingerprint density at radius 1 is 1.61 bits per heavy atom. The van der Waals surface area contributed by atoms with Gasteiger partial charge < -0.3 is 9.26 Å². The van der Waals surface area contributed by atoms with Gasteiger partial charge in [0.2, 0.25) is 10.0 Å². The van der Waals surface area contributed by atoms with E-state index < -0.39 is 27.3 Å². The zero-order valence-electron chi connectivity index (χ0n) is 9.88. The maximum atomic E-state index is 11.9. The fourth-order valence-corrected chi connectivity index (χ4v) is 2.86. The van der Waals surface area contributed by atoms with Crippen LogP contribution in [0.1, 0.15) is 25.5 Å². The molecule has 0 bridgehead atoms. The minimum absolute atomic E-state index is 0.243. The maximum absolute atomic E-state index is 11.9. The maximum Gasteiger partial charge on any atom is 0.265 e. The van der Waals surface area contributed by atoms with Crippen LogP contribution in [0.4, 0.5) is 0 Å². The van der Waals surface area contributed by atoms with Crippen LogP contribution in [0.25, 0.3) is 0 Å². The largest absolute Gasteiger partial charge is 0.365 e. The minimum Gasteiger partial charge on any atom is -0.365 e. The number of ether oxygens (including phenoxy) is 1. The number of hydrogen-bond donors (Lipinski definition) is 1. The van der Waals surface area contributed by atoms with Crippen LogP contribution in [0.2, 0.25) is 0 Å². The molecule has 1 atom stereocenters. The van der Waals surface area contributed by atoms with E-state index in [2.05, 4.69) is 9.68 Å². The summed E-state index contributed by atoms with van der Waals surface area (Å²) < 4.78 is 35.3. The van der Waals surface area contributed by atoms with Gasteiger partial charge in [0.15, 0.2) is 0 Å². The molecule has 1 aromatic heterocycles. The number of carbonyl (C=O) groups excluding carboxylic acids is 1. The highest BCUT2D eigenvalue weighted by Crippen LogP contribution is 2.25. The Hall–Kier alpha value is -1.41. The molecule has 0 radical (unpaired) electrons. The summed E-state index contributed by atoms with van der Waals surface area (Å²) in [5.74, 6) is -1.03. The van der Waals surface area contributed by atoms with Crippen LogP contribution < -0.4 is 4.72 Å². The third-order valence-corrected chi connectivity index (χ3v) is 3.95. The van der Waals surface area contributed by atoms with E-state index in [1.54, 1.807) is 6.92 Å². The van der Waals surface area contributed by atoms with Gasteiger partial charge in [-0.25, -0.2) is 8.42 Å². The summed E-state index contributed by atoms with van der Waals surface area (Å²) in [5, 5.41) is 3.49. The fraction of sp³-hybridized carbons (Fsp3) is 0.600. The second-order valence-electron chi connectivity index (χ2n) is 4.36. The zero-order chi connectivity index (χ0) is 13.2. The highest BCUT2D eigenvalue weighted by Gasteiger charge is 2.39. The third-order valence-electron chi connectivity index (χ3n) is 2.78. The molecule has 1 amide bonds. The summed E-state index contributed by atoms with van der Waals surface area (Å²) >= 11 is 0. The Bertz CT molecular complexity index is 516. The molecule has 1 fully saturated rings. The van der Waals surface area contributed by atoms with Crippen molar-refractivity contribution in [2.24, 2.45) is 0 Å². The van der Waals surface area contributed by atoms with Gasteiger partial charge in [-0.3, -0.25) is 9.52 Å². The average Bonchev–Trinajstić information content (AvgIpc) is 2.89. The van der Waals surface area contributed by atoms with Gasteiger partial charge in [-0.2, -0.15) is 0 Å². The van der Waals surface area contributed by atoms with Crippen LogP contribution >= 0.6 is 0 Å². The second-order valence-corrected chi connectivity index (χ2v) is 6.09. The summed E-state index contributed by atoms with van der Waals surface area (Å²) in [6, 6.07) is 1.43. The van der Waals surface area contributed by atoms with E-state index in [-0.39, 0.29) is 5.69 Å². The van der Waals surface area contributed by atoms with E-state index >= 15 is 0 Å². The lowest BCUT2D eigenvalue weighted by Gasteiger charge is -2.21. The lowest BCUT2D eigenvalue weighted by Crippen LogP contribution is -2.46. The quantitative estimate of drug-likeness (QED) is 0.841. The first-order valence-corrected chi connectivity index (χ1v) is 7.15. The van der Waals surface area contributed by atoms with E-state index in [0.29, 0.717) is 13.0 Å². The standard InChI is InChI=1S/C10H14N2O5S/c1-10(4-2-5-16-10)9(13)12-18(14,15)7-8-3-6-17-11-8/h3,6H,2,4-5,7H2,1H3,(H,12,13)/t10-/m1/s1. The number of aromatic nitrogens is 1. The smallest absolute Gasteiger partial charge is 0.265 e. The van der Waals surface area contributed by atoms with Gasteiger partial charge in [0.25, 0.3) is 5.91 Å². The minimum atomic E-state index is -3.78. The number of nitrogens with one attached hydrogen (secondary N) is 1. The number of rotatable bonds is 4. The van der Waals surface area contributed by atoms with Crippen molar-refractivity contribution >= 4 is 15.9 Å². The SMILES string of the molecule is C[C@]1(C(=O)NS(=O)(=O)Cc2ccon2)CCCO1. The summed E-state index contributed by atoms with van der Waals surface area (Å²) in [5.41, 5.74) is -0.815. The molecule has 2 heterocycles. The summed E-state index contributed by atoms with van der Waals surface area (Å²) in [6.45, 7) is 2.05. The number of hydrogen-bond acceptors (Lipinski definition) is 6. The first kappa shape index (κ1) is 13.0. The van der Waals surface area contributed by atoms with E-state index in [9.17, 15) is 13.2 Å². The molecule has 18 heavy (non-hydrogen) atoms. The lowest BCUT2D eigenvalue weighted by molar-refractivity contribution is -0.137. The Morgan fingerprint density at radius 2 is 2.39 bits per heavy atom. The van der Waals surface area contributed by atoms with Crippen LogP contribution in [0, 0.1) is 0 Å². The number of amides is 1. The van der Waals surface area contributed by atoms with Gasteiger partial charge in [-0.15, -0.1) is 0 Å². The molecule has 8 heteroatoms. The van der Waals surface area contributed by atoms with Crippen molar-refractivity contribution in [3.63, 3.8) is 0 Å². The molecule has 0 spiro atoms. The number of nitrogens with zero attached hydrogens (tertiary/aromatic N) is 1. The van der Waals surface area contributed by atoms with Crippen molar-refractivity contribution in [2.75, 3.05) is 6.61 Å². The third kappa shape index (κ3) is 2.88. The van der Waals surface area contributed by atoms with Gasteiger partial charge in [-0.1, -0.05) is 5.16 Å². The number of sulfonamides is 1. The predicted molar refractivity (Wildman–Crippen MR) is 60.9 cm³/mol. The molecular weight excluding hydrogens is 260 g/mol. The summed E-state index contributed by atoms with van der Waals surface area (Å²) in [4.78, 5) is 11.9. The Kier molecular flexibility index (Phi) is 3.40. The first-order valence-electron chi connectivity index (χ1n) is 5.49. The zero-order valence-corrected chi connectivity index (χ0v) is 10.7. The van der Waals surface area contributed by atoms with Crippen LogP contribution in [-0.4, -0.2) is 31.7 Å². The van der Waals surface area contributed by atoms with Crippen molar-refractivity contribution in [3.8, 4) is 0 Å². The molecule has 7 nitrogen and oxygen atoms in total. The molecule has 1 aliphatic rings. The molecule has 0 aromatic carbocycles. The van der Waals surface area contributed by atoms with E-state index in [4.69, 9.17) is 4.74 Å². The molecule has 2 rings (SSSR count). The lowest BCUT2D eigenvalue weighted by atomic mass is 10.0.